The van der Waals surface area contributed by atoms with Gasteiger partial charge >= 0.3 is 6.36 Å². The Morgan fingerprint density at radius 2 is 1.42 bits per heavy atom. The summed E-state index contributed by atoms with van der Waals surface area (Å²) < 4.78 is 72.0. The Kier molecular flexibility index (Phi) is 8.22. The van der Waals surface area contributed by atoms with Gasteiger partial charge in [-0.15, -0.1) is 25.8 Å². The lowest BCUT2D eigenvalue weighted by Gasteiger charge is -2.34. The van der Waals surface area contributed by atoms with E-state index in [0.717, 1.165) is 35.1 Å². The van der Waals surface area contributed by atoms with Crippen LogP contribution >= 0.6 is 12.6 Å². The fourth-order valence-electron chi connectivity index (χ4n) is 4.76. The molecule has 1 saturated heterocycles. The van der Waals surface area contributed by atoms with Gasteiger partial charge in [0.15, 0.2) is 0 Å². The van der Waals surface area contributed by atoms with E-state index in [2.05, 4.69) is 17.4 Å². The maximum absolute atomic E-state index is 13.7. The Labute approximate surface area is 211 Å². The summed E-state index contributed by atoms with van der Waals surface area (Å²) in [6, 6.07) is 15.3. The van der Waals surface area contributed by atoms with Gasteiger partial charge in [-0.25, -0.2) is 8.78 Å². The predicted octanol–water partition coefficient (Wildman–Crippen LogP) is 6.58. The highest BCUT2D eigenvalue weighted by molar-refractivity contribution is 7.80. The van der Waals surface area contributed by atoms with Gasteiger partial charge in [0.1, 0.15) is 17.4 Å². The lowest BCUT2D eigenvalue weighted by atomic mass is 9.80. The zero-order chi connectivity index (χ0) is 25.9. The first-order valence-corrected chi connectivity index (χ1v) is 12.0. The highest BCUT2D eigenvalue weighted by Gasteiger charge is 2.34. The van der Waals surface area contributed by atoms with Crippen molar-refractivity contribution in [3.63, 3.8) is 0 Å². The molecule has 3 aromatic rings. The zero-order valence-corrected chi connectivity index (χ0v) is 20.2. The normalized spacial score (nSPS) is 19.9. The SMILES string of the molecule is FC(F)(F)Oc1ccc(S)cc1.NC1CCOC(C2c3ccc(F)cc3CCc3cc(F)ccc32)C1. The molecule has 3 aromatic carbocycles. The fourth-order valence-corrected chi connectivity index (χ4v) is 4.91. The monoisotopic (exact) mass is 523 g/mol. The van der Waals surface area contributed by atoms with Crippen LogP contribution in [0.3, 0.4) is 0 Å². The summed E-state index contributed by atoms with van der Waals surface area (Å²) in [5, 5.41) is 0. The van der Waals surface area contributed by atoms with Crippen molar-refractivity contribution in [3.8, 4) is 5.75 Å². The number of hydrogen-bond acceptors (Lipinski definition) is 4. The van der Waals surface area contributed by atoms with Crippen molar-refractivity contribution >= 4 is 12.6 Å². The first-order valence-electron chi connectivity index (χ1n) is 11.6. The van der Waals surface area contributed by atoms with Crippen molar-refractivity contribution in [2.45, 2.75) is 55.0 Å². The van der Waals surface area contributed by atoms with Crippen LogP contribution in [0.2, 0.25) is 0 Å². The molecule has 3 nitrogen and oxygen atoms in total. The molecule has 9 heteroatoms. The average molecular weight is 524 g/mol. The molecule has 2 unspecified atom stereocenters. The summed E-state index contributed by atoms with van der Waals surface area (Å²) in [4.78, 5) is 0.588. The van der Waals surface area contributed by atoms with Crippen LogP contribution in [0.25, 0.3) is 0 Å². The van der Waals surface area contributed by atoms with Gasteiger partial charge in [-0.3, -0.25) is 0 Å². The Balaban J connectivity index is 0.000000214. The highest BCUT2D eigenvalue weighted by Crippen LogP contribution is 2.40. The molecule has 2 atom stereocenters. The zero-order valence-electron chi connectivity index (χ0n) is 19.3. The van der Waals surface area contributed by atoms with Crippen LogP contribution in [0.15, 0.2) is 65.6 Å². The molecule has 0 aromatic heterocycles. The molecular weight excluding hydrogens is 497 g/mol. The molecule has 1 fully saturated rings. The van der Waals surface area contributed by atoms with Crippen LogP contribution in [0.5, 0.6) is 5.75 Å². The van der Waals surface area contributed by atoms with Gasteiger partial charge in [0.05, 0.1) is 6.10 Å². The van der Waals surface area contributed by atoms with E-state index < -0.39 is 6.36 Å². The van der Waals surface area contributed by atoms with E-state index >= 15 is 0 Å². The van der Waals surface area contributed by atoms with Crippen molar-refractivity contribution in [2.75, 3.05) is 6.61 Å². The van der Waals surface area contributed by atoms with Crippen molar-refractivity contribution < 1.29 is 31.4 Å². The molecule has 0 bridgehead atoms. The van der Waals surface area contributed by atoms with Crippen LogP contribution in [0, 0.1) is 11.6 Å². The number of rotatable bonds is 2. The second kappa shape index (κ2) is 11.2. The Morgan fingerprint density at radius 1 is 0.861 bits per heavy atom. The summed E-state index contributed by atoms with van der Waals surface area (Å²) in [5.74, 6) is -0.720. The number of aryl methyl sites for hydroxylation is 2. The van der Waals surface area contributed by atoms with Gasteiger partial charge in [-0.05, 0) is 96.5 Å². The van der Waals surface area contributed by atoms with E-state index in [1.165, 1.54) is 36.4 Å². The molecule has 192 valence electrons. The van der Waals surface area contributed by atoms with Crippen molar-refractivity contribution in [1.29, 1.82) is 0 Å². The smallest absolute Gasteiger partial charge is 0.406 e. The summed E-state index contributed by atoms with van der Waals surface area (Å²) in [6.07, 6.45) is -1.65. The third kappa shape index (κ3) is 6.78. The highest BCUT2D eigenvalue weighted by atomic mass is 32.1. The van der Waals surface area contributed by atoms with Gasteiger partial charge in [-0.2, -0.15) is 0 Å². The van der Waals surface area contributed by atoms with Gasteiger partial charge in [0.2, 0.25) is 0 Å². The van der Waals surface area contributed by atoms with Crippen LogP contribution < -0.4 is 10.5 Å². The molecule has 5 rings (SSSR count). The Bertz CT molecular complexity index is 1130. The number of alkyl halides is 3. The van der Waals surface area contributed by atoms with E-state index in [1.807, 2.05) is 12.1 Å². The maximum atomic E-state index is 13.7. The van der Waals surface area contributed by atoms with Crippen LogP contribution in [0.4, 0.5) is 22.0 Å². The fraction of sp³-hybridized carbons (Fsp3) is 0.333. The number of ether oxygens (including phenoxy) is 2. The lowest BCUT2D eigenvalue weighted by molar-refractivity contribution is -0.274. The molecule has 2 N–H and O–H groups in total. The van der Waals surface area contributed by atoms with Crippen LogP contribution in [-0.4, -0.2) is 25.1 Å². The number of hydrogen-bond donors (Lipinski definition) is 2. The van der Waals surface area contributed by atoms with Gasteiger partial charge < -0.3 is 15.2 Å². The Hall–Kier alpha value is -2.62. The summed E-state index contributed by atoms with van der Waals surface area (Å²) >= 11 is 3.91. The molecule has 1 heterocycles. The lowest BCUT2D eigenvalue weighted by Crippen LogP contribution is -2.38. The van der Waals surface area contributed by atoms with E-state index in [4.69, 9.17) is 10.5 Å². The first kappa shape index (κ1) is 26.4. The largest absolute Gasteiger partial charge is 0.573 e. The van der Waals surface area contributed by atoms with Crippen LogP contribution in [-0.2, 0) is 17.6 Å². The third-order valence-electron chi connectivity index (χ3n) is 6.34. The number of benzene rings is 3. The van der Waals surface area contributed by atoms with Crippen molar-refractivity contribution in [1.82, 2.24) is 0 Å². The summed E-state index contributed by atoms with van der Waals surface area (Å²) in [5.41, 5.74) is 10.3. The number of halogens is 5. The predicted molar refractivity (Wildman–Crippen MR) is 129 cm³/mol. The van der Waals surface area contributed by atoms with Gasteiger partial charge in [0.25, 0.3) is 0 Å². The van der Waals surface area contributed by atoms with Crippen molar-refractivity contribution in [3.05, 3.63) is 94.6 Å². The molecule has 36 heavy (non-hydrogen) atoms. The standard InChI is InChI=1S/C20H21F2NO.C7H5F3OS/c21-14-3-5-17-12(9-14)1-2-13-10-15(22)4-6-18(13)20(17)19-11-16(23)7-8-24-19;8-7(9,10)11-5-1-3-6(12)4-2-5/h3-6,9-10,16,19-20H,1-2,7-8,11,23H2;1-4,12H. The Morgan fingerprint density at radius 3 is 1.92 bits per heavy atom. The summed E-state index contributed by atoms with van der Waals surface area (Å²) in [7, 11) is 0. The second-order valence-electron chi connectivity index (χ2n) is 8.90. The molecule has 2 aliphatic rings. The van der Waals surface area contributed by atoms with Crippen LogP contribution in [0.1, 0.15) is 41.0 Å². The maximum Gasteiger partial charge on any atom is 0.573 e. The molecule has 0 saturated carbocycles. The first-order chi connectivity index (χ1) is 17.1. The second-order valence-corrected chi connectivity index (χ2v) is 9.42. The van der Waals surface area contributed by atoms with E-state index in [9.17, 15) is 22.0 Å². The van der Waals surface area contributed by atoms with Crippen molar-refractivity contribution in [2.24, 2.45) is 5.73 Å². The minimum absolute atomic E-state index is 0.0231. The minimum atomic E-state index is -4.63. The van der Waals surface area contributed by atoms with Gasteiger partial charge in [-0.1, -0.05) is 12.1 Å². The minimum Gasteiger partial charge on any atom is -0.406 e. The van der Waals surface area contributed by atoms with E-state index in [1.54, 1.807) is 12.1 Å². The number of nitrogens with two attached hydrogens (primary N) is 1. The van der Waals surface area contributed by atoms with E-state index in [-0.39, 0.29) is 35.4 Å². The molecular formula is C27H26F5NO2S. The number of fused-ring (bicyclic) bond motifs is 2. The molecule has 0 radical (unpaired) electrons. The average Bonchev–Trinajstić information content (AvgIpc) is 2.96. The quantitative estimate of drug-likeness (QED) is 0.295. The molecule has 0 amide bonds. The third-order valence-corrected chi connectivity index (χ3v) is 6.64. The summed E-state index contributed by atoms with van der Waals surface area (Å²) in [6.45, 7) is 0.634. The molecule has 1 aliphatic carbocycles. The number of thiol groups is 1. The molecule has 1 aliphatic heterocycles. The van der Waals surface area contributed by atoms with E-state index in [0.29, 0.717) is 24.3 Å². The topological polar surface area (TPSA) is 44.5 Å². The molecule has 0 spiro atoms. The van der Waals surface area contributed by atoms with Gasteiger partial charge in [0, 0.05) is 23.5 Å².